The van der Waals surface area contributed by atoms with Crippen LogP contribution in [0.5, 0.6) is 0 Å². The molecule has 0 unspecified atom stereocenters. The second-order valence-corrected chi connectivity index (χ2v) is 7.01. The molecular weight excluding hydrogens is 360 g/mol. The molecule has 0 fully saturated rings. The first-order valence-corrected chi connectivity index (χ1v) is 10.1. The standard InChI is InChI=1S/C25H28N2O2/c28-20-19-27(17-15-21-9-3-1-4-10-21)18-16-25(29)26-24-14-8-7-13-23(24)22-11-5-2-6-12-22/h1-14,28H,15-20H2,(H,26,29). The van der Waals surface area contributed by atoms with Gasteiger partial charge in [-0.2, -0.15) is 0 Å². The van der Waals surface area contributed by atoms with Crippen molar-refractivity contribution in [3.05, 3.63) is 90.5 Å². The number of aliphatic hydroxyl groups excluding tert-OH is 1. The van der Waals surface area contributed by atoms with Gasteiger partial charge < -0.3 is 15.3 Å². The number of para-hydroxylation sites is 1. The molecule has 0 aliphatic heterocycles. The van der Waals surface area contributed by atoms with Gasteiger partial charge in [-0.05, 0) is 23.6 Å². The number of rotatable bonds is 10. The van der Waals surface area contributed by atoms with Crippen LogP contribution in [0, 0.1) is 0 Å². The first-order valence-electron chi connectivity index (χ1n) is 10.1. The van der Waals surface area contributed by atoms with E-state index in [0.29, 0.717) is 19.5 Å². The van der Waals surface area contributed by atoms with Crippen molar-refractivity contribution < 1.29 is 9.90 Å². The number of hydrogen-bond donors (Lipinski definition) is 2. The van der Waals surface area contributed by atoms with Crippen molar-refractivity contribution in [3.8, 4) is 11.1 Å². The van der Waals surface area contributed by atoms with Gasteiger partial charge in [-0.25, -0.2) is 0 Å². The highest BCUT2D eigenvalue weighted by Gasteiger charge is 2.11. The number of carbonyl (C=O) groups is 1. The molecule has 3 aromatic carbocycles. The average Bonchev–Trinajstić information content (AvgIpc) is 2.77. The fourth-order valence-corrected chi connectivity index (χ4v) is 3.34. The van der Waals surface area contributed by atoms with Gasteiger partial charge in [0.15, 0.2) is 0 Å². The smallest absolute Gasteiger partial charge is 0.225 e. The van der Waals surface area contributed by atoms with Gasteiger partial charge in [0.2, 0.25) is 5.91 Å². The van der Waals surface area contributed by atoms with Crippen LogP contribution < -0.4 is 5.32 Å². The Bertz CT molecular complexity index is 882. The molecule has 0 atom stereocenters. The predicted octanol–water partition coefficient (Wildman–Crippen LogP) is 4.22. The van der Waals surface area contributed by atoms with Crippen LogP contribution in [-0.4, -0.2) is 42.2 Å². The van der Waals surface area contributed by atoms with Gasteiger partial charge in [0, 0.05) is 37.3 Å². The maximum atomic E-state index is 12.6. The molecule has 4 heteroatoms. The third-order valence-electron chi connectivity index (χ3n) is 4.92. The summed E-state index contributed by atoms with van der Waals surface area (Å²) in [6.45, 7) is 2.10. The lowest BCUT2D eigenvalue weighted by Gasteiger charge is -2.21. The van der Waals surface area contributed by atoms with E-state index in [1.165, 1.54) is 5.56 Å². The average molecular weight is 389 g/mol. The lowest BCUT2D eigenvalue weighted by atomic mass is 10.0. The summed E-state index contributed by atoms with van der Waals surface area (Å²) >= 11 is 0. The second kappa shape index (κ2) is 11.1. The molecule has 0 aromatic heterocycles. The van der Waals surface area contributed by atoms with E-state index >= 15 is 0 Å². The lowest BCUT2D eigenvalue weighted by Crippen LogP contribution is -2.32. The van der Waals surface area contributed by atoms with Crippen molar-refractivity contribution in [2.24, 2.45) is 0 Å². The number of benzene rings is 3. The number of hydrogen-bond acceptors (Lipinski definition) is 3. The Morgan fingerprint density at radius 1 is 0.793 bits per heavy atom. The number of amides is 1. The molecule has 0 bridgehead atoms. The van der Waals surface area contributed by atoms with E-state index in [2.05, 4.69) is 22.3 Å². The molecule has 2 N–H and O–H groups in total. The van der Waals surface area contributed by atoms with Crippen molar-refractivity contribution in [2.45, 2.75) is 12.8 Å². The van der Waals surface area contributed by atoms with E-state index < -0.39 is 0 Å². The van der Waals surface area contributed by atoms with E-state index in [0.717, 1.165) is 29.8 Å². The fraction of sp³-hybridized carbons (Fsp3) is 0.240. The Balaban J connectivity index is 1.56. The number of anilines is 1. The van der Waals surface area contributed by atoms with Gasteiger partial charge >= 0.3 is 0 Å². The van der Waals surface area contributed by atoms with Crippen LogP contribution in [0.3, 0.4) is 0 Å². The van der Waals surface area contributed by atoms with Crippen LogP contribution in [0.25, 0.3) is 11.1 Å². The molecule has 4 nitrogen and oxygen atoms in total. The molecule has 0 aliphatic carbocycles. The van der Waals surface area contributed by atoms with Crippen molar-refractivity contribution in [3.63, 3.8) is 0 Å². The molecule has 29 heavy (non-hydrogen) atoms. The number of aliphatic hydroxyl groups is 1. The molecule has 0 heterocycles. The Hall–Kier alpha value is -2.95. The number of nitrogens with zero attached hydrogens (tertiary/aromatic N) is 1. The quantitative estimate of drug-likeness (QED) is 0.547. The van der Waals surface area contributed by atoms with Crippen molar-refractivity contribution >= 4 is 11.6 Å². The summed E-state index contributed by atoms with van der Waals surface area (Å²) in [7, 11) is 0. The molecule has 0 radical (unpaired) electrons. The molecule has 0 saturated carbocycles. The highest BCUT2D eigenvalue weighted by Crippen LogP contribution is 2.27. The van der Waals surface area contributed by atoms with E-state index in [9.17, 15) is 9.90 Å². The molecule has 3 aromatic rings. The third kappa shape index (κ3) is 6.56. The highest BCUT2D eigenvalue weighted by molar-refractivity contribution is 5.95. The van der Waals surface area contributed by atoms with Gasteiger partial charge in [0.05, 0.1) is 6.61 Å². The van der Waals surface area contributed by atoms with Crippen molar-refractivity contribution in [1.29, 1.82) is 0 Å². The van der Waals surface area contributed by atoms with E-state index in [-0.39, 0.29) is 12.5 Å². The summed E-state index contributed by atoms with van der Waals surface area (Å²) in [6.07, 6.45) is 1.29. The molecule has 0 saturated heterocycles. The van der Waals surface area contributed by atoms with Crippen molar-refractivity contribution in [1.82, 2.24) is 4.90 Å². The van der Waals surface area contributed by atoms with Gasteiger partial charge in [-0.3, -0.25) is 4.79 Å². The summed E-state index contributed by atoms with van der Waals surface area (Å²) in [5.74, 6) is -0.0176. The Kier molecular flexibility index (Phi) is 7.99. The zero-order chi connectivity index (χ0) is 20.3. The van der Waals surface area contributed by atoms with E-state index in [1.807, 2.05) is 72.8 Å². The highest BCUT2D eigenvalue weighted by atomic mass is 16.3. The van der Waals surface area contributed by atoms with Gasteiger partial charge in [0.1, 0.15) is 0 Å². The topological polar surface area (TPSA) is 52.6 Å². The fourth-order valence-electron chi connectivity index (χ4n) is 3.34. The summed E-state index contributed by atoms with van der Waals surface area (Å²) in [4.78, 5) is 14.7. The number of nitrogens with one attached hydrogen (secondary N) is 1. The third-order valence-corrected chi connectivity index (χ3v) is 4.92. The largest absolute Gasteiger partial charge is 0.395 e. The first-order chi connectivity index (χ1) is 14.3. The maximum absolute atomic E-state index is 12.6. The first kappa shape index (κ1) is 20.8. The Labute approximate surface area is 172 Å². The Morgan fingerprint density at radius 3 is 2.17 bits per heavy atom. The van der Waals surface area contributed by atoms with Crippen LogP contribution in [0.15, 0.2) is 84.9 Å². The predicted molar refractivity (Wildman–Crippen MR) is 119 cm³/mol. The molecule has 0 aliphatic rings. The second-order valence-electron chi connectivity index (χ2n) is 7.01. The van der Waals surface area contributed by atoms with Gasteiger partial charge in [-0.15, -0.1) is 0 Å². The maximum Gasteiger partial charge on any atom is 0.225 e. The van der Waals surface area contributed by atoms with Gasteiger partial charge in [-0.1, -0.05) is 78.9 Å². The summed E-state index contributed by atoms with van der Waals surface area (Å²) in [5.41, 5.74) is 4.17. The van der Waals surface area contributed by atoms with Crippen LogP contribution in [0.1, 0.15) is 12.0 Å². The molecular formula is C25H28N2O2. The SMILES string of the molecule is O=C(CCN(CCO)CCc1ccccc1)Nc1ccccc1-c1ccccc1. The normalized spacial score (nSPS) is 10.8. The summed E-state index contributed by atoms with van der Waals surface area (Å²) in [6, 6.07) is 28.2. The number of carbonyl (C=O) groups excluding carboxylic acids is 1. The zero-order valence-electron chi connectivity index (χ0n) is 16.6. The Morgan fingerprint density at radius 2 is 1.45 bits per heavy atom. The minimum Gasteiger partial charge on any atom is -0.395 e. The molecule has 1 amide bonds. The monoisotopic (exact) mass is 388 g/mol. The van der Waals surface area contributed by atoms with Crippen LogP contribution in [-0.2, 0) is 11.2 Å². The van der Waals surface area contributed by atoms with Crippen LogP contribution in [0.4, 0.5) is 5.69 Å². The molecule has 150 valence electrons. The lowest BCUT2D eigenvalue weighted by molar-refractivity contribution is -0.116. The summed E-state index contributed by atoms with van der Waals surface area (Å²) < 4.78 is 0. The minimum atomic E-state index is -0.0176. The van der Waals surface area contributed by atoms with Crippen LogP contribution >= 0.6 is 0 Å². The molecule has 0 spiro atoms. The summed E-state index contributed by atoms with van der Waals surface area (Å²) in [5, 5.41) is 12.4. The van der Waals surface area contributed by atoms with Crippen LogP contribution in [0.2, 0.25) is 0 Å². The van der Waals surface area contributed by atoms with E-state index in [1.54, 1.807) is 0 Å². The van der Waals surface area contributed by atoms with Gasteiger partial charge in [0.25, 0.3) is 0 Å². The van der Waals surface area contributed by atoms with Crippen molar-refractivity contribution in [2.75, 3.05) is 31.6 Å². The minimum absolute atomic E-state index is 0.0176. The molecule has 3 rings (SSSR count). The zero-order valence-corrected chi connectivity index (χ0v) is 16.6. The van der Waals surface area contributed by atoms with E-state index in [4.69, 9.17) is 0 Å².